The van der Waals surface area contributed by atoms with Gasteiger partial charge in [-0.25, -0.2) is 9.78 Å². The fourth-order valence-electron chi connectivity index (χ4n) is 6.17. The average molecular weight is 594 g/mol. The van der Waals surface area contributed by atoms with E-state index in [2.05, 4.69) is 10.3 Å². The quantitative estimate of drug-likeness (QED) is 0.448. The first-order chi connectivity index (χ1) is 19.8. The van der Waals surface area contributed by atoms with E-state index >= 15 is 0 Å². The van der Waals surface area contributed by atoms with Gasteiger partial charge in [-0.05, 0) is 48.9 Å². The van der Waals surface area contributed by atoms with Gasteiger partial charge in [0.2, 0.25) is 5.88 Å². The van der Waals surface area contributed by atoms with Crippen molar-refractivity contribution in [1.82, 2.24) is 15.2 Å². The summed E-state index contributed by atoms with van der Waals surface area (Å²) in [5.74, 6) is -1.79. The molecule has 4 rings (SSSR count). The van der Waals surface area contributed by atoms with Gasteiger partial charge in [0, 0.05) is 36.7 Å². The highest BCUT2D eigenvalue weighted by atomic mass is 19.4. The summed E-state index contributed by atoms with van der Waals surface area (Å²) in [6, 6.07) is 5.38. The van der Waals surface area contributed by atoms with Crippen LogP contribution in [0.5, 0.6) is 11.6 Å². The van der Waals surface area contributed by atoms with E-state index < -0.39 is 59.2 Å². The smallest absolute Gasteiger partial charge is 0.416 e. The number of likely N-dealkylation sites (tertiary alicyclic amines) is 1. The number of aromatic nitrogens is 1. The van der Waals surface area contributed by atoms with Crippen molar-refractivity contribution in [3.8, 4) is 11.6 Å². The maximum absolute atomic E-state index is 14.1. The molecule has 0 radical (unpaired) electrons. The predicted octanol–water partition coefficient (Wildman–Crippen LogP) is 4.84. The second-order valence-corrected chi connectivity index (χ2v) is 11.8. The Morgan fingerprint density at radius 1 is 1.12 bits per heavy atom. The molecular formula is C30H38F3N3O6. The van der Waals surface area contributed by atoms with Gasteiger partial charge in [-0.3, -0.25) is 4.79 Å². The number of nitrogens with zero attached hydrogens (tertiary/aromatic N) is 2. The van der Waals surface area contributed by atoms with Crippen molar-refractivity contribution < 1.29 is 42.1 Å². The van der Waals surface area contributed by atoms with Crippen LogP contribution in [0, 0.1) is 11.3 Å². The number of methoxy groups -OCH3 is 2. The number of hydrogen-bond donors (Lipinski definition) is 2. The summed E-state index contributed by atoms with van der Waals surface area (Å²) in [6.45, 7) is 5.96. The molecule has 2 aliphatic heterocycles. The highest BCUT2D eigenvalue weighted by Gasteiger charge is 2.59. The molecule has 2 aromatic rings. The summed E-state index contributed by atoms with van der Waals surface area (Å²) >= 11 is 0. The van der Waals surface area contributed by atoms with E-state index in [0.717, 1.165) is 25.0 Å². The number of hydrogen-bond acceptors (Lipinski definition) is 7. The molecule has 0 bridgehead atoms. The fourth-order valence-corrected chi connectivity index (χ4v) is 6.17. The second kappa shape index (κ2) is 12.5. The molecule has 9 nitrogen and oxygen atoms in total. The lowest BCUT2D eigenvalue weighted by atomic mass is 9.72. The number of alkyl halides is 3. The molecule has 5 atom stereocenters. The van der Waals surface area contributed by atoms with Crippen molar-refractivity contribution in [2.45, 2.75) is 77.0 Å². The lowest BCUT2D eigenvalue weighted by Crippen LogP contribution is -2.51. The number of rotatable bonds is 8. The van der Waals surface area contributed by atoms with Crippen molar-refractivity contribution in [2.75, 3.05) is 20.8 Å². The van der Waals surface area contributed by atoms with Crippen molar-refractivity contribution in [2.24, 2.45) is 11.3 Å². The maximum Gasteiger partial charge on any atom is 0.416 e. The first-order valence-corrected chi connectivity index (χ1v) is 13.9. The second-order valence-electron chi connectivity index (χ2n) is 11.8. The molecule has 0 saturated carbocycles. The number of carbonyl (C=O) groups is 2. The minimum absolute atomic E-state index is 0.0842. The molecule has 42 heavy (non-hydrogen) atoms. The van der Waals surface area contributed by atoms with Gasteiger partial charge in [0.1, 0.15) is 17.9 Å². The van der Waals surface area contributed by atoms with E-state index in [0.29, 0.717) is 18.7 Å². The monoisotopic (exact) mass is 593 g/mol. The van der Waals surface area contributed by atoms with Gasteiger partial charge in [-0.15, -0.1) is 0 Å². The zero-order valence-electron chi connectivity index (χ0n) is 24.4. The number of benzene rings is 1. The molecule has 230 valence electrons. The van der Waals surface area contributed by atoms with Gasteiger partial charge in [0.15, 0.2) is 0 Å². The Bertz CT molecular complexity index is 1280. The van der Waals surface area contributed by atoms with E-state index in [9.17, 15) is 27.9 Å². The van der Waals surface area contributed by atoms with E-state index in [1.165, 1.54) is 25.2 Å². The van der Waals surface area contributed by atoms with Crippen LogP contribution in [0.25, 0.3) is 0 Å². The van der Waals surface area contributed by atoms with Gasteiger partial charge in [-0.1, -0.05) is 26.8 Å². The number of aliphatic carboxylic acids is 1. The topological polar surface area (TPSA) is 110 Å². The maximum atomic E-state index is 14.1. The van der Waals surface area contributed by atoms with Crippen LogP contribution < -0.4 is 14.8 Å². The van der Waals surface area contributed by atoms with Crippen LogP contribution in [-0.2, 0) is 27.0 Å². The van der Waals surface area contributed by atoms with Crippen LogP contribution in [0.15, 0.2) is 36.4 Å². The Morgan fingerprint density at radius 2 is 1.86 bits per heavy atom. The van der Waals surface area contributed by atoms with Gasteiger partial charge in [-0.2, -0.15) is 13.2 Å². The highest BCUT2D eigenvalue weighted by molar-refractivity contribution is 5.88. The average Bonchev–Trinajstić information content (AvgIpc) is 3.31. The summed E-state index contributed by atoms with van der Waals surface area (Å²) in [4.78, 5) is 33.0. The van der Waals surface area contributed by atoms with Crippen LogP contribution in [0.2, 0.25) is 0 Å². The van der Waals surface area contributed by atoms with Crippen LogP contribution in [0.3, 0.4) is 0 Å². The zero-order chi connectivity index (χ0) is 30.8. The standard InChI is InChI=1S/C30H38F3N3O6/c1-29(2,3)23-24(34-16-17-15-18(30(31,32)33)12-13-20(17)40-4)25(19-9-8-11-22(35-19)41-5)36(26(23)28(38)39)27(37)21-10-6-7-14-42-21/h8-9,11-13,15,21,23-26,34H,6-7,10,14,16H2,1-5H3,(H,38,39)/t21?,23-,24-,25-,26-/m1/s1. The molecule has 12 heteroatoms. The van der Waals surface area contributed by atoms with Crippen molar-refractivity contribution in [3.63, 3.8) is 0 Å². The molecule has 2 saturated heterocycles. The SMILES string of the molecule is COc1cccc([C@@H]2[C@H](NCc3cc(C(F)(F)F)ccc3OC)[C@@H](C(C)(C)C)[C@H](C(=O)O)N2C(=O)C2CCCCO2)n1. The molecule has 1 aromatic heterocycles. The zero-order valence-corrected chi connectivity index (χ0v) is 24.4. The molecule has 3 heterocycles. The summed E-state index contributed by atoms with van der Waals surface area (Å²) in [6.07, 6.45) is -3.34. The number of halogens is 3. The Kier molecular flexibility index (Phi) is 9.36. The van der Waals surface area contributed by atoms with Crippen molar-refractivity contribution in [1.29, 1.82) is 0 Å². The molecule has 1 amide bonds. The molecule has 0 aliphatic carbocycles. The molecule has 2 N–H and O–H groups in total. The minimum atomic E-state index is -4.56. The van der Waals surface area contributed by atoms with Crippen LogP contribution in [-0.4, -0.2) is 65.9 Å². The van der Waals surface area contributed by atoms with E-state index in [1.807, 2.05) is 20.8 Å². The van der Waals surface area contributed by atoms with Gasteiger partial charge < -0.3 is 29.5 Å². The Morgan fingerprint density at radius 3 is 2.43 bits per heavy atom. The molecule has 2 aliphatic rings. The number of pyridine rings is 1. The summed E-state index contributed by atoms with van der Waals surface area (Å²) in [5.41, 5.74) is -0.854. The number of carbonyl (C=O) groups excluding carboxylic acids is 1. The summed E-state index contributed by atoms with van der Waals surface area (Å²) in [7, 11) is 2.82. The van der Waals surface area contributed by atoms with Crippen LogP contribution in [0.1, 0.15) is 62.9 Å². The number of ether oxygens (including phenoxy) is 3. The summed E-state index contributed by atoms with van der Waals surface area (Å²) in [5, 5.41) is 13.9. The fraction of sp³-hybridized carbons (Fsp3) is 0.567. The molecule has 1 aromatic carbocycles. The third kappa shape index (κ3) is 6.49. The van der Waals surface area contributed by atoms with Crippen molar-refractivity contribution in [3.05, 3.63) is 53.2 Å². The third-order valence-electron chi connectivity index (χ3n) is 8.02. The lowest BCUT2D eigenvalue weighted by Gasteiger charge is -2.36. The Balaban J connectivity index is 1.85. The number of nitrogens with one attached hydrogen (secondary N) is 1. The molecule has 1 unspecified atom stereocenters. The summed E-state index contributed by atoms with van der Waals surface area (Å²) < 4.78 is 57.2. The Labute approximate surface area is 243 Å². The van der Waals surface area contributed by atoms with Crippen molar-refractivity contribution >= 4 is 11.9 Å². The third-order valence-corrected chi connectivity index (χ3v) is 8.02. The highest BCUT2D eigenvalue weighted by Crippen LogP contribution is 2.48. The lowest BCUT2D eigenvalue weighted by molar-refractivity contribution is -0.159. The first kappa shape index (κ1) is 31.6. The first-order valence-electron chi connectivity index (χ1n) is 13.9. The number of carboxylic acids is 1. The normalized spacial score (nSPS) is 24.9. The minimum Gasteiger partial charge on any atom is -0.496 e. The van der Waals surface area contributed by atoms with E-state index in [1.54, 1.807) is 18.2 Å². The Hall–Kier alpha value is -3.38. The predicted molar refractivity (Wildman–Crippen MR) is 147 cm³/mol. The largest absolute Gasteiger partial charge is 0.496 e. The van der Waals surface area contributed by atoms with Crippen LogP contribution >= 0.6 is 0 Å². The van der Waals surface area contributed by atoms with E-state index in [-0.39, 0.29) is 23.7 Å². The van der Waals surface area contributed by atoms with Crippen LogP contribution in [0.4, 0.5) is 13.2 Å². The van der Waals surface area contributed by atoms with Gasteiger partial charge in [0.05, 0.1) is 31.5 Å². The number of amides is 1. The van der Waals surface area contributed by atoms with Gasteiger partial charge >= 0.3 is 12.1 Å². The number of carboxylic acid groups (broad SMARTS) is 1. The molecular weight excluding hydrogens is 555 g/mol. The molecule has 0 spiro atoms. The molecule has 2 fully saturated rings. The van der Waals surface area contributed by atoms with E-state index in [4.69, 9.17) is 14.2 Å². The van der Waals surface area contributed by atoms with Gasteiger partial charge in [0.25, 0.3) is 5.91 Å².